The summed E-state index contributed by atoms with van der Waals surface area (Å²) in [5, 5.41) is 3.39. The summed E-state index contributed by atoms with van der Waals surface area (Å²) < 4.78 is 11.6. The fourth-order valence-electron chi connectivity index (χ4n) is 5.45. The molecule has 1 heterocycles. The molecule has 6 rings (SSSR count). The fourth-order valence-corrected chi connectivity index (χ4v) is 5.45. The highest BCUT2D eigenvalue weighted by atomic mass is 16.5. The Morgan fingerprint density at radius 2 is 1.35 bits per heavy atom. The standard InChI is InChI=1S/C30H23NO3/c1-33-21-17-24-27(25(18-21)34-2)26(19-11-5-3-6-12-19)28(20-13-7-4-8-14-20)30(24)23-16-10-9-15-22(23)29(32)31-30/h3-18H,1-2H3,(H,31,32). The van der Waals surface area contributed by atoms with Crippen molar-refractivity contribution >= 4 is 17.1 Å². The first-order valence-electron chi connectivity index (χ1n) is 11.2. The lowest BCUT2D eigenvalue weighted by molar-refractivity contribution is 0.0952. The summed E-state index contributed by atoms with van der Waals surface area (Å²) in [4.78, 5) is 13.4. The van der Waals surface area contributed by atoms with Crippen LogP contribution in [-0.4, -0.2) is 20.1 Å². The van der Waals surface area contributed by atoms with Crippen LogP contribution in [-0.2, 0) is 5.54 Å². The second-order valence-electron chi connectivity index (χ2n) is 8.48. The molecule has 4 heteroatoms. The SMILES string of the molecule is COc1cc(OC)c2c(c1)C1(NC(=O)c3ccccc31)C(c1ccccc1)=C2c1ccccc1. The monoisotopic (exact) mass is 445 g/mol. The van der Waals surface area contributed by atoms with Crippen molar-refractivity contribution in [1.82, 2.24) is 5.32 Å². The van der Waals surface area contributed by atoms with Crippen LogP contribution in [0.4, 0.5) is 0 Å². The van der Waals surface area contributed by atoms with Crippen LogP contribution in [0.15, 0.2) is 97.1 Å². The van der Waals surface area contributed by atoms with Crippen molar-refractivity contribution in [3.05, 3.63) is 130 Å². The first kappa shape index (κ1) is 20.3. The summed E-state index contributed by atoms with van der Waals surface area (Å²) in [6.07, 6.45) is 0. The molecular weight excluding hydrogens is 422 g/mol. The molecule has 4 aromatic rings. The molecule has 0 saturated heterocycles. The number of carbonyl (C=O) groups is 1. The van der Waals surface area contributed by atoms with Crippen molar-refractivity contribution < 1.29 is 14.3 Å². The fraction of sp³-hybridized carbons (Fsp3) is 0.100. The van der Waals surface area contributed by atoms with Gasteiger partial charge < -0.3 is 14.8 Å². The predicted octanol–water partition coefficient (Wildman–Crippen LogP) is 5.66. The number of fused-ring (bicyclic) bond motifs is 4. The maximum absolute atomic E-state index is 13.4. The summed E-state index contributed by atoms with van der Waals surface area (Å²) in [6.45, 7) is 0. The maximum atomic E-state index is 13.4. The third-order valence-electron chi connectivity index (χ3n) is 6.81. The number of nitrogens with one attached hydrogen (secondary N) is 1. The molecule has 1 N–H and O–H groups in total. The van der Waals surface area contributed by atoms with E-state index in [9.17, 15) is 4.79 Å². The molecule has 1 unspecified atom stereocenters. The quantitative estimate of drug-likeness (QED) is 0.441. The van der Waals surface area contributed by atoms with E-state index in [4.69, 9.17) is 9.47 Å². The van der Waals surface area contributed by atoms with Crippen LogP contribution in [0.1, 0.15) is 38.2 Å². The number of ether oxygens (including phenoxy) is 2. The average molecular weight is 446 g/mol. The molecule has 1 aliphatic heterocycles. The van der Waals surface area contributed by atoms with Crippen molar-refractivity contribution in [2.75, 3.05) is 14.2 Å². The lowest BCUT2D eigenvalue weighted by Gasteiger charge is -2.31. The van der Waals surface area contributed by atoms with Crippen LogP contribution < -0.4 is 14.8 Å². The Hall–Kier alpha value is -4.31. The Kier molecular flexibility index (Phi) is 4.56. The summed E-state index contributed by atoms with van der Waals surface area (Å²) in [6, 6.07) is 32.3. The van der Waals surface area contributed by atoms with E-state index in [1.54, 1.807) is 14.2 Å². The van der Waals surface area contributed by atoms with E-state index in [1.807, 2.05) is 72.8 Å². The van der Waals surface area contributed by atoms with Crippen LogP contribution in [0.2, 0.25) is 0 Å². The van der Waals surface area contributed by atoms with Gasteiger partial charge in [-0.25, -0.2) is 0 Å². The Bertz CT molecular complexity index is 1460. The van der Waals surface area contributed by atoms with Crippen LogP contribution in [0.25, 0.3) is 11.1 Å². The molecule has 4 nitrogen and oxygen atoms in total. The highest BCUT2D eigenvalue weighted by Gasteiger charge is 2.54. The zero-order valence-corrected chi connectivity index (χ0v) is 19.0. The number of hydrogen-bond acceptors (Lipinski definition) is 3. The lowest BCUT2D eigenvalue weighted by atomic mass is 9.77. The van der Waals surface area contributed by atoms with E-state index in [0.717, 1.165) is 39.0 Å². The Labute approximate surface area is 198 Å². The highest BCUT2D eigenvalue weighted by Crippen LogP contribution is 2.60. The van der Waals surface area contributed by atoms with E-state index in [2.05, 4.69) is 29.6 Å². The van der Waals surface area contributed by atoms with Gasteiger partial charge in [0, 0.05) is 28.3 Å². The zero-order chi connectivity index (χ0) is 23.3. The average Bonchev–Trinajstić information content (AvgIpc) is 3.36. The minimum Gasteiger partial charge on any atom is -0.497 e. The third-order valence-corrected chi connectivity index (χ3v) is 6.81. The molecule has 1 spiro atoms. The van der Waals surface area contributed by atoms with Gasteiger partial charge in [-0.05, 0) is 34.4 Å². The van der Waals surface area contributed by atoms with Crippen molar-refractivity contribution in [1.29, 1.82) is 0 Å². The van der Waals surface area contributed by atoms with Gasteiger partial charge in [0.15, 0.2) is 0 Å². The van der Waals surface area contributed by atoms with Crippen molar-refractivity contribution in [3.63, 3.8) is 0 Å². The van der Waals surface area contributed by atoms with Crippen LogP contribution in [0.3, 0.4) is 0 Å². The molecule has 1 amide bonds. The molecule has 0 saturated carbocycles. The van der Waals surface area contributed by atoms with E-state index >= 15 is 0 Å². The van der Waals surface area contributed by atoms with E-state index < -0.39 is 5.54 Å². The van der Waals surface area contributed by atoms with Gasteiger partial charge in [-0.2, -0.15) is 0 Å². The van der Waals surface area contributed by atoms with Crippen molar-refractivity contribution in [2.45, 2.75) is 5.54 Å². The molecule has 0 aromatic heterocycles. The number of benzene rings is 4. The molecule has 0 radical (unpaired) electrons. The molecule has 0 fully saturated rings. The topological polar surface area (TPSA) is 47.6 Å². The first-order valence-corrected chi connectivity index (χ1v) is 11.2. The van der Waals surface area contributed by atoms with Gasteiger partial charge in [0.1, 0.15) is 17.0 Å². The number of rotatable bonds is 4. The van der Waals surface area contributed by atoms with Gasteiger partial charge >= 0.3 is 0 Å². The molecule has 34 heavy (non-hydrogen) atoms. The largest absolute Gasteiger partial charge is 0.497 e. The normalized spacial score (nSPS) is 18.0. The number of methoxy groups -OCH3 is 2. The zero-order valence-electron chi connectivity index (χ0n) is 19.0. The molecule has 2 aliphatic rings. The third kappa shape index (κ3) is 2.69. The van der Waals surface area contributed by atoms with Gasteiger partial charge in [0.05, 0.1) is 14.2 Å². The van der Waals surface area contributed by atoms with Gasteiger partial charge in [0.2, 0.25) is 0 Å². The minimum absolute atomic E-state index is 0.0916. The predicted molar refractivity (Wildman–Crippen MR) is 133 cm³/mol. The van der Waals surface area contributed by atoms with Crippen molar-refractivity contribution in [3.8, 4) is 11.5 Å². The Balaban J connectivity index is 1.83. The highest BCUT2D eigenvalue weighted by molar-refractivity contribution is 6.15. The smallest absolute Gasteiger partial charge is 0.252 e. The van der Waals surface area contributed by atoms with Crippen LogP contribution in [0, 0.1) is 0 Å². The summed E-state index contributed by atoms with van der Waals surface area (Å²) >= 11 is 0. The molecule has 166 valence electrons. The number of carbonyl (C=O) groups excluding carboxylic acids is 1. The maximum Gasteiger partial charge on any atom is 0.252 e. The van der Waals surface area contributed by atoms with Crippen LogP contribution in [0.5, 0.6) is 11.5 Å². The van der Waals surface area contributed by atoms with Gasteiger partial charge in [-0.1, -0.05) is 78.9 Å². The molecular formula is C30H23NO3. The van der Waals surface area contributed by atoms with Crippen LogP contribution >= 0.6 is 0 Å². The summed E-state index contributed by atoms with van der Waals surface area (Å²) in [5.74, 6) is 1.29. The first-order chi connectivity index (χ1) is 16.7. The summed E-state index contributed by atoms with van der Waals surface area (Å²) in [7, 11) is 3.32. The van der Waals surface area contributed by atoms with Crippen molar-refractivity contribution in [2.24, 2.45) is 0 Å². The lowest BCUT2D eigenvalue weighted by Crippen LogP contribution is -2.40. The number of hydrogen-bond donors (Lipinski definition) is 1. The van der Waals surface area contributed by atoms with E-state index in [1.165, 1.54) is 0 Å². The Morgan fingerprint density at radius 1 is 0.706 bits per heavy atom. The van der Waals surface area contributed by atoms with Gasteiger partial charge in [-0.15, -0.1) is 0 Å². The molecule has 0 bridgehead atoms. The Morgan fingerprint density at radius 3 is 2.03 bits per heavy atom. The van der Waals surface area contributed by atoms with Gasteiger partial charge in [0.25, 0.3) is 5.91 Å². The molecule has 1 aliphatic carbocycles. The van der Waals surface area contributed by atoms with Gasteiger partial charge in [-0.3, -0.25) is 4.79 Å². The number of amides is 1. The summed E-state index contributed by atoms with van der Waals surface area (Å²) in [5.41, 5.74) is 6.80. The van der Waals surface area contributed by atoms with E-state index in [0.29, 0.717) is 17.1 Å². The molecule has 1 atom stereocenters. The second-order valence-corrected chi connectivity index (χ2v) is 8.48. The second kappa shape index (κ2) is 7.63. The van der Waals surface area contributed by atoms with E-state index in [-0.39, 0.29) is 5.91 Å². The minimum atomic E-state index is -0.878. The molecule has 4 aromatic carbocycles.